The Morgan fingerprint density at radius 3 is 2.20 bits per heavy atom. The molecule has 0 N–H and O–H groups in total. The first-order valence-electron chi connectivity index (χ1n) is 2.78. The van der Waals surface area contributed by atoms with Crippen LogP contribution < -0.4 is 0 Å². The van der Waals surface area contributed by atoms with E-state index < -0.39 is 3.79 Å². The largest absolute Gasteiger partial charge is 0.196 e. The second-order valence-corrected chi connectivity index (χ2v) is 4.59. The van der Waals surface area contributed by atoms with Gasteiger partial charge in [0.25, 0.3) is 0 Å². The maximum Gasteiger partial charge on any atom is 0.196 e. The first kappa shape index (κ1) is 10.9. The molecule has 0 radical (unpaired) electrons. The van der Waals surface area contributed by atoms with E-state index in [1.54, 1.807) is 12.2 Å². The molecular formula is C6H8Cl4. The predicted molar refractivity (Wildman–Crippen MR) is 49.3 cm³/mol. The van der Waals surface area contributed by atoms with Crippen LogP contribution in [0, 0.1) is 5.92 Å². The van der Waals surface area contributed by atoms with Crippen LogP contribution in [0.4, 0.5) is 0 Å². The van der Waals surface area contributed by atoms with E-state index >= 15 is 0 Å². The van der Waals surface area contributed by atoms with E-state index in [0.717, 1.165) is 0 Å². The van der Waals surface area contributed by atoms with Crippen LogP contribution in [0.25, 0.3) is 0 Å². The molecule has 0 aromatic rings. The summed E-state index contributed by atoms with van der Waals surface area (Å²) >= 11 is 22.0. The molecule has 0 heterocycles. The molecule has 0 aliphatic carbocycles. The zero-order chi connectivity index (χ0) is 8.20. The summed E-state index contributed by atoms with van der Waals surface area (Å²) in [5.74, 6) is 0.349. The fourth-order valence-electron chi connectivity index (χ4n) is 0.365. The summed E-state index contributed by atoms with van der Waals surface area (Å²) in [5, 5.41) is 0. The van der Waals surface area contributed by atoms with Crippen LogP contribution in [-0.2, 0) is 0 Å². The van der Waals surface area contributed by atoms with Crippen molar-refractivity contribution in [2.24, 2.45) is 5.92 Å². The number of hydrogen-bond donors (Lipinski definition) is 0. The molecule has 10 heavy (non-hydrogen) atoms. The summed E-state index contributed by atoms with van der Waals surface area (Å²) in [6.45, 7) is 1.82. The van der Waals surface area contributed by atoms with Crippen LogP contribution in [0.5, 0.6) is 0 Å². The summed E-state index contributed by atoms with van der Waals surface area (Å²) in [4.78, 5) is 0. The van der Waals surface area contributed by atoms with E-state index in [1.807, 2.05) is 6.92 Å². The maximum atomic E-state index is 5.56. The van der Waals surface area contributed by atoms with Gasteiger partial charge in [-0.1, -0.05) is 53.9 Å². The topological polar surface area (TPSA) is 0 Å². The fourth-order valence-corrected chi connectivity index (χ4v) is 0.686. The highest BCUT2D eigenvalue weighted by molar-refractivity contribution is 6.67. The van der Waals surface area contributed by atoms with Crippen LogP contribution in [0.3, 0.4) is 0 Å². The summed E-state index contributed by atoms with van der Waals surface area (Å²) in [6.07, 6.45) is 3.54. The molecule has 1 unspecified atom stereocenters. The van der Waals surface area contributed by atoms with Crippen molar-refractivity contribution in [2.75, 3.05) is 5.88 Å². The minimum Gasteiger partial charge on any atom is -0.122 e. The normalized spacial score (nSPS) is 16.1. The van der Waals surface area contributed by atoms with Gasteiger partial charge in [0, 0.05) is 11.8 Å². The van der Waals surface area contributed by atoms with Gasteiger partial charge >= 0.3 is 0 Å². The molecule has 0 rings (SSSR count). The molecular weight excluding hydrogens is 214 g/mol. The third kappa shape index (κ3) is 4.68. The van der Waals surface area contributed by atoms with Gasteiger partial charge in [-0.3, -0.25) is 0 Å². The van der Waals surface area contributed by atoms with E-state index in [9.17, 15) is 0 Å². The molecule has 0 aliphatic rings. The molecule has 4 heteroatoms. The Kier molecular flexibility index (Phi) is 5.14. The smallest absolute Gasteiger partial charge is 0.122 e. The van der Waals surface area contributed by atoms with Crippen molar-refractivity contribution in [1.82, 2.24) is 0 Å². The molecule has 0 aliphatic heterocycles. The average Bonchev–Trinajstić information content (AvgIpc) is 1.80. The van der Waals surface area contributed by atoms with Crippen molar-refractivity contribution in [1.29, 1.82) is 0 Å². The molecule has 0 aromatic carbocycles. The van der Waals surface area contributed by atoms with Gasteiger partial charge < -0.3 is 0 Å². The van der Waals surface area contributed by atoms with E-state index in [0.29, 0.717) is 5.88 Å². The third-order valence-electron chi connectivity index (χ3n) is 1.03. The molecule has 1 atom stereocenters. The molecule has 0 amide bonds. The molecule has 0 fully saturated rings. The lowest BCUT2D eigenvalue weighted by Gasteiger charge is -2.15. The molecule has 0 saturated carbocycles. The number of allylic oxidation sites excluding steroid dienone is 2. The van der Waals surface area contributed by atoms with Crippen molar-refractivity contribution >= 4 is 46.4 Å². The van der Waals surface area contributed by atoms with Gasteiger partial charge in [0.2, 0.25) is 0 Å². The van der Waals surface area contributed by atoms with Gasteiger partial charge in [-0.15, -0.1) is 11.6 Å². The maximum absolute atomic E-state index is 5.56. The summed E-state index contributed by atoms with van der Waals surface area (Å²) < 4.78 is -1.22. The number of halogens is 4. The molecule has 60 valence electrons. The second-order valence-electron chi connectivity index (χ2n) is 1.91. The van der Waals surface area contributed by atoms with Crippen molar-refractivity contribution in [2.45, 2.75) is 10.7 Å². The highest BCUT2D eigenvalue weighted by atomic mass is 35.6. The zero-order valence-corrected chi connectivity index (χ0v) is 8.47. The lowest BCUT2D eigenvalue weighted by Crippen LogP contribution is -2.12. The van der Waals surface area contributed by atoms with Crippen molar-refractivity contribution in [3.8, 4) is 0 Å². The second kappa shape index (κ2) is 4.71. The van der Waals surface area contributed by atoms with E-state index in [4.69, 9.17) is 46.4 Å². The van der Waals surface area contributed by atoms with Gasteiger partial charge in [0.15, 0.2) is 3.79 Å². The van der Waals surface area contributed by atoms with E-state index in [1.165, 1.54) is 0 Å². The Labute approximate surface area is 81.1 Å². The van der Waals surface area contributed by atoms with Gasteiger partial charge in [-0.05, 0) is 0 Å². The van der Waals surface area contributed by atoms with Gasteiger partial charge in [-0.25, -0.2) is 0 Å². The Hall–Kier alpha value is 0.900. The summed E-state index contributed by atoms with van der Waals surface area (Å²) in [5.41, 5.74) is 0. The van der Waals surface area contributed by atoms with Crippen molar-refractivity contribution in [3.05, 3.63) is 12.2 Å². The summed E-state index contributed by atoms with van der Waals surface area (Å²) in [6, 6.07) is 0. The highest BCUT2D eigenvalue weighted by Crippen LogP contribution is 2.35. The van der Waals surface area contributed by atoms with Crippen LogP contribution in [-0.4, -0.2) is 9.67 Å². The monoisotopic (exact) mass is 220 g/mol. The zero-order valence-electron chi connectivity index (χ0n) is 5.45. The van der Waals surface area contributed by atoms with Crippen molar-refractivity contribution in [3.63, 3.8) is 0 Å². The van der Waals surface area contributed by atoms with Crippen LogP contribution in [0.15, 0.2) is 12.2 Å². The molecule has 0 nitrogen and oxygen atoms in total. The third-order valence-corrected chi connectivity index (χ3v) is 2.24. The van der Waals surface area contributed by atoms with Gasteiger partial charge in [-0.2, -0.15) is 0 Å². The van der Waals surface area contributed by atoms with Gasteiger partial charge in [0.1, 0.15) is 0 Å². The van der Waals surface area contributed by atoms with Crippen LogP contribution in [0.1, 0.15) is 6.92 Å². The average molecular weight is 222 g/mol. The molecule has 0 spiro atoms. The van der Waals surface area contributed by atoms with Gasteiger partial charge in [0.05, 0.1) is 0 Å². The first-order valence-corrected chi connectivity index (χ1v) is 4.44. The van der Waals surface area contributed by atoms with Crippen LogP contribution in [0.2, 0.25) is 0 Å². The molecule has 0 aromatic heterocycles. The SMILES string of the molecule is CC(/C=C/CCl)C(Cl)(Cl)Cl. The number of rotatable bonds is 2. The number of alkyl halides is 4. The van der Waals surface area contributed by atoms with E-state index in [-0.39, 0.29) is 5.92 Å². The minimum atomic E-state index is -1.22. The first-order chi connectivity index (χ1) is 4.48. The Bertz CT molecular complexity index is 113. The number of hydrogen-bond acceptors (Lipinski definition) is 0. The Balaban J connectivity index is 3.84. The Morgan fingerprint density at radius 1 is 1.40 bits per heavy atom. The quantitative estimate of drug-likeness (QED) is 0.492. The van der Waals surface area contributed by atoms with E-state index in [2.05, 4.69) is 0 Å². The highest BCUT2D eigenvalue weighted by Gasteiger charge is 2.25. The van der Waals surface area contributed by atoms with Crippen molar-refractivity contribution < 1.29 is 0 Å². The predicted octanol–water partition coefficient (Wildman–Crippen LogP) is 3.79. The lowest BCUT2D eigenvalue weighted by atomic mass is 10.2. The standard InChI is InChI=1S/C6H8Cl4/c1-5(3-2-4-7)6(8,9)10/h2-3,5H,4H2,1H3/b3-2+. The Morgan fingerprint density at radius 2 is 1.90 bits per heavy atom. The van der Waals surface area contributed by atoms with Crippen LogP contribution >= 0.6 is 46.4 Å². The lowest BCUT2D eigenvalue weighted by molar-refractivity contribution is 0.751. The summed E-state index contributed by atoms with van der Waals surface area (Å²) in [7, 11) is 0. The fraction of sp³-hybridized carbons (Fsp3) is 0.667. The molecule has 0 saturated heterocycles. The minimum absolute atomic E-state index is 0.101. The molecule has 0 bridgehead atoms.